The normalized spacial score (nSPS) is 17.5. The van der Waals surface area contributed by atoms with Crippen LogP contribution in [0.15, 0.2) is 0 Å². The molecule has 1 saturated carbocycles. The van der Waals surface area contributed by atoms with Gasteiger partial charge in [-0.15, -0.1) is 0 Å². The lowest BCUT2D eigenvalue weighted by Gasteiger charge is -2.15. The second-order valence-electron chi connectivity index (χ2n) is 3.58. The molecule has 88 valence electrons. The summed E-state index contributed by atoms with van der Waals surface area (Å²) in [5.41, 5.74) is 0. The molecule has 1 rings (SSSR count). The summed E-state index contributed by atoms with van der Waals surface area (Å²) in [5.74, 6) is -0.265. The van der Waals surface area contributed by atoms with E-state index in [-0.39, 0.29) is 12.0 Å². The van der Waals surface area contributed by atoms with Gasteiger partial charge in [-0.2, -0.15) is 0 Å². The quantitative estimate of drug-likeness (QED) is 0.456. The summed E-state index contributed by atoms with van der Waals surface area (Å²) in [5, 5.41) is 3.18. The fraction of sp³-hybridized carbons (Fsp3) is 0.900. The first-order valence-corrected chi connectivity index (χ1v) is 5.18. The summed E-state index contributed by atoms with van der Waals surface area (Å²) in [6.45, 7) is 1.38. The van der Waals surface area contributed by atoms with Crippen molar-refractivity contribution in [3.05, 3.63) is 0 Å². The zero-order chi connectivity index (χ0) is 11.1. The predicted octanol–water partition coefficient (Wildman–Crippen LogP) is -0.0570. The number of carbonyl (C=O) groups is 1. The molecule has 0 bridgehead atoms. The summed E-state index contributed by atoms with van der Waals surface area (Å²) in [6, 6.07) is 0.111. The highest BCUT2D eigenvalue weighted by molar-refractivity contribution is 5.75. The minimum Gasteiger partial charge on any atom is -0.468 e. The summed E-state index contributed by atoms with van der Waals surface area (Å²) >= 11 is 0. The van der Waals surface area contributed by atoms with E-state index in [9.17, 15) is 4.79 Å². The van der Waals surface area contributed by atoms with Gasteiger partial charge >= 0.3 is 5.97 Å². The molecular weight excluding hydrogens is 198 g/mol. The first-order chi connectivity index (χ1) is 7.27. The van der Waals surface area contributed by atoms with Crippen molar-refractivity contribution >= 4 is 5.97 Å². The van der Waals surface area contributed by atoms with Crippen LogP contribution in [0, 0.1) is 0 Å². The molecule has 15 heavy (non-hydrogen) atoms. The van der Waals surface area contributed by atoms with E-state index < -0.39 is 0 Å². The van der Waals surface area contributed by atoms with E-state index in [2.05, 4.69) is 10.1 Å². The second kappa shape index (κ2) is 6.76. The van der Waals surface area contributed by atoms with Gasteiger partial charge in [-0.3, -0.25) is 10.1 Å². The fourth-order valence-electron chi connectivity index (χ4n) is 1.20. The number of hydrogen-bond acceptors (Lipinski definition) is 5. The number of ether oxygens (including phenoxy) is 3. The molecule has 0 saturated heterocycles. The minimum absolute atomic E-state index is 0.265. The summed E-state index contributed by atoms with van der Waals surface area (Å²) in [4.78, 5) is 11.3. The van der Waals surface area contributed by atoms with Crippen LogP contribution in [0.5, 0.6) is 0 Å². The number of carbonyl (C=O) groups excluding carboxylic acids is 1. The van der Waals surface area contributed by atoms with Gasteiger partial charge in [0.15, 0.2) is 0 Å². The molecule has 0 aromatic carbocycles. The predicted molar refractivity (Wildman–Crippen MR) is 54.7 cm³/mol. The highest BCUT2D eigenvalue weighted by Gasteiger charge is 2.28. The Hall–Kier alpha value is -0.650. The third-order valence-electron chi connectivity index (χ3n) is 2.22. The maximum atomic E-state index is 11.3. The molecule has 0 heterocycles. The van der Waals surface area contributed by atoms with Crippen LogP contribution in [0.3, 0.4) is 0 Å². The van der Waals surface area contributed by atoms with Crippen molar-refractivity contribution in [1.29, 1.82) is 0 Å². The lowest BCUT2D eigenvalue weighted by Crippen LogP contribution is -2.42. The topological polar surface area (TPSA) is 56.8 Å². The third-order valence-corrected chi connectivity index (χ3v) is 2.22. The van der Waals surface area contributed by atoms with Crippen LogP contribution in [-0.4, -0.2) is 52.1 Å². The lowest BCUT2D eigenvalue weighted by atomic mass is 10.3. The summed E-state index contributed by atoms with van der Waals surface area (Å²) < 4.78 is 14.8. The highest BCUT2D eigenvalue weighted by Crippen LogP contribution is 2.19. The van der Waals surface area contributed by atoms with Crippen molar-refractivity contribution in [1.82, 2.24) is 5.32 Å². The number of rotatable bonds is 8. The Morgan fingerprint density at radius 3 is 2.67 bits per heavy atom. The first kappa shape index (κ1) is 12.4. The Bertz CT molecular complexity index is 194. The molecule has 1 aliphatic rings. The van der Waals surface area contributed by atoms with Crippen LogP contribution >= 0.6 is 0 Å². The second-order valence-corrected chi connectivity index (χ2v) is 3.58. The first-order valence-electron chi connectivity index (χ1n) is 5.18. The van der Waals surface area contributed by atoms with E-state index in [1.54, 1.807) is 7.11 Å². The van der Waals surface area contributed by atoms with Crippen LogP contribution in [0.4, 0.5) is 0 Å². The average molecular weight is 217 g/mol. The molecule has 1 fully saturated rings. The van der Waals surface area contributed by atoms with Gasteiger partial charge in [-0.05, 0) is 12.8 Å². The largest absolute Gasteiger partial charge is 0.468 e. The van der Waals surface area contributed by atoms with Crippen molar-refractivity contribution in [3.8, 4) is 0 Å². The number of esters is 1. The van der Waals surface area contributed by atoms with E-state index in [0.29, 0.717) is 25.9 Å². The van der Waals surface area contributed by atoms with Crippen molar-refractivity contribution in [2.24, 2.45) is 0 Å². The van der Waals surface area contributed by atoms with Crippen LogP contribution in [0.2, 0.25) is 0 Å². The Morgan fingerprint density at radius 1 is 1.40 bits per heavy atom. The molecule has 5 heteroatoms. The standard InChI is InChI=1S/C10H19NO4/c1-13-5-6-15-7-9(10(12)14-2)11-8-3-4-8/h8-9,11H,3-7H2,1-2H3. The Balaban J connectivity index is 2.18. The van der Waals surface area contributed by atoms with Crippen molar-refractivity contribution in [2.75, 3.05) is 34.0 Å². The van der Waals surface area contributed by atoms with Gasteiger partial charge in [0.2, 0.25) is 0 Å². The fourth-order valence-corrected chi connectivity index (χ4v) is 1.20. The van der Waals surface area contributed by atoms with Crippen molar-refractivity contribution < 1.29 is 19.0 Å². The van der Waals surface area contributed by atoms with Gasteiger partial charge in [0, 0.05) is 13.2 Å². The average Bonchev–Trinajstić information content (AvgIpc) is 3.05. The van der Waals surface area contributed by atoms with Crippen LogP contribution in [-0.2, 0) is 19.0 Å². The van der Waals surface area contributed by atoms with Gasteiger partial charge in [0.1, 0.15) is 6.04 Å². The molecule has 1 unspecified atom stereocenters. The molecule has 5 nitrogen and oxygen atoms in total. The number of nitrogens with one attached hydrogen (secondary N) is 1. The van der Waals surface area contributed by atoms with E-state index in [0.717, 1.165) is 12.8 Å². The van der Waals surface area contributed by atoms with Gasteiger partial charge in [0.05, 0.1) is 26.9 Å². The molecule has 0 aromatic heterocycles. The molecule has 1 N–H and O–H groups in total. The zero-order valence-electron chi connectivity index (χ0n) is 9.32. The van der Waals surface area contributed by atoms with E-state index in [1.807, 2.05) is 0 Å². The molecule has 0 aromatic rings. The van der Waals surface area contributed by atoms with Gasteiger partial charge in [-0.25, -0.2) is 0 Å². The maximum absolute atomic E-state index is 11.3. The monoisotopic (exact) mass is 217 g/mol. The smallest absolute Gasteiger partial charge is 0.325 e. The number of methoxy groups -OCH3 is 2. The Labute approximate surface area is 90.1 Å². The van der Waals surface area contributed by atoms with Crippen molar-refractivity contribution in [3.63, 3.8) is 0 Å². The van der Waals surface area contributed by atoms with Crippen molar-refractivity contribution in [2.45, 2.75) is 24.9 Å². The maximum Gasteiger partial charge on any atom is 0.325 e. The summed E-state index contributed by atoms with van der Waals surface area (Å²) in [7, 11) is 3.00. The Morgan fingerprint density at radius 2 is 2.13 bits per heavy atom. The van der Waals surface area contributed by atoms with E-state index in [4.69, 9.17) is 9.47 Å². The van der Waals surface area contributed by atoms with Crippen LogP contribution < -0.4 is 5.32 Å². The van der Waals surface area contributed by atoms with Gasteiger partial charge in [-0.1, -0.05) is 0 Å². The molecule has 1 aliphatic carbocycles. The van der Waals surface area contributed by atoms with E-state index in [1.165, 1.54) is 7.11 Å². The third kappa shape index (κ3) is 5.11. The van der Waals surface area contributed by atoms with Crippen LogP contribution in [0.25, 0.3) is 0 Å². The lowest BCUT2D eigenvalue weighted by molar-refractivity contribution is -0.145. The number of hydrogen-bond donors (Lipinski definition) is 1. The molecule has 0 spiro atoms. The molecule has 0 radical (unpaired) electrons. The molecule has 0 amide bonds. The molecular formula is C10H19NO4. The zero-order valence-corrected chi connectivity index (χ0v) is 9.32. The minimum atomic E-state index is -0.348. The van der Waals surface area contributed by atoms with Gasteiger partial charge in [0.25, 0.3) is 0 Å². The highest BCUT2D eigenvalue weighted by atomic mass is 16.5. The molecule has 1 atom stereocenters. The van der Waals surface area contributed by atoms with Gasteiger partial charge < -0.3 is 14.2 Å². The SMILES string of the molecule is COCCOCC(NC1CC1)C(=O)OC. The molecule has 0 aliphatic heterocycles. The van der Waals surface area contributed by atoms with E-state index >= 15 is 0 Å². The Kier molecular flexibility index (Phi) is 5.60. The summed E-state index contributed by atoms with van der Waals surface area (Å²) in [6.07, 6.45) is 2.26. The van der Waals surface area contributed by atoms with Crippen LogP contribution in [0.1, 0.15) is 12.8 Å².